The van der Waals surface area contributed by atoms with Crippen LogP contribution in [0.4, 0.5) is 15.8 Å². The van der Waals surface area contributed by atoms with Crippen molar-refractivity contribution in [2.24, 2.45) is 5.92 Å². The number of rotatable bonds is 4. The van der Waals surface area contributed by atoms with Gasteiger partial charge in [-0.25, -0.2) is 4.39 Å². The highest BCUT2D eigenvalue weighted by Crippen LogP contribution is 2.32. The maximum atomic E-state index is 13.7. The fourth-order valence-electron chi connectivity index (χ4n) is 2.98. The molecule has 0 radical (unpaired) electrons. The molecule has 1 unspecified atom stereocenters. The highest BCUT2D eigenvalue weighted by molar-refractivity contribution is 14.1. The Labute approximate surface area is 128 Å². The van der Waals surface area contributed by atoms with Gasteiger partial charge in [0.15, 0.2) is 0 Å². The molecule has 1 aliphatic rings. The fourth-order valence-corrected chi connectivity index (χ4v) is 3.47. The molecule has 0 heterocycles. The van der Waals surface area contributed by atoms with E-state index in [0.29, 0.717) is 21.2 Å². The normalized spacial score (nSPS) is 18.3. The van der Waals surface area contributed by atoms with E-state index in [9.17, 15) is 4.39 Å². The Morgan fingerprint density at radius 3 is 2.68 bits per heavy atom. The SMILES string of the molecule is CCC(Nc1cc(F)c(I)cc1N)C1CCCCC1. The van der Waals surface area contributed by atoms with Gasteiger partial charge in [0.2, 0.25) is 0 Å². The van der Waals surface area contributed by atoms with Crippen LogP contribution < -0.4 is 11.1 Å². The van der Waals surface area contributed by atoms with Crippen LogP contribution in [0.5, 0.6) is 0 Å². The van der Waals surface area contributed by atoms with Crippen LogP contribution in [0.15, 0.2) is 12.1 Å². The zero-order valence-corrected chi connectivity index (χ0v) is 13.5. The summed E-state index contributed by atoms with van der Waals surface area (Å²) in [5.74, 6) is 0.497. The molecule has 3 N–H and O–H groups in total. The van der Waals surface area contributed by atoms with Gasteiger partial charge in [-0.05, 0) is 53.8 Å². The van der Waals surface area contributed by atoms with Crippen LogP contribution in [0.3, 0.4) is 0 Å². The first kappa shape index (κ1) is 14.9. The summed E-state index contributed by atoms with van der Waals surface area (Å²) in [6.07, 6.45) is 7.60. The Kier molecular flexibility index (Phi) is 5.30. The molecule has 1 fully saturated rings. The molecule has 1 aromatic rings. The minimum absolute atomic E-state index is 0.198. The van der Waals surface area contributed by atoms with Crippen LogP contribution in [0.2, 0.25) is 0 Å². The molecule has 1 aromatic carbocycles. The second-order valence-electron chi connectivity index (χ2n) is 5.41. The van der Waals surface area contributed by atoms with Gasteiger partial charge >= 0.3 is 0 Å². The molecule has 0 saturated heterocycles. The minimum Gasteiger partial charge on any atom is -0.397 e. The van der Waals surface area contributed by atoms with Crippen molar-refractivity contribution in [3.63, 3.8) is 0 Å². The van der Waals surface area contributed by atoms with E-state index in [1.54, 1.807) is 6.07 Å². The highest BCUT2D eigenvalue weighted by Gasteiger charge is 2.22. The van der Waals surface area contributed by atoms with Crippen LogP contribution in [0.25, 0.3) is 0 Å². The molecule has 0 amide bonds. The molecule has 1 aliphatic carbocycles. The van der Waals surface area contributed by atoms with E-state index in [0.717, 1.165) is 12.1 Å². The number of nitrogen functional groups attached to an aromatic ring is 1. The lowest BCUT2D eigenvalue weighted by Crippen LogP contribution is -2.30. The largest absolute Gasteiger partial charge is 0.397 e. The monoisotopic (exact) mass is 376 g/mol. The summed E-state index contributed by atoms with van der Waals surface area (Å²) in [6, 6.07) is 3.64. The second-order valence-corrected chi connectivity index (χ2v) is 6.57. The van der Waals surface area contributed by atoms with E-state index in [1.165, 1.54) is 38.2 Å². The van der Waals surface area contributed by atoms with Crippen LogP contribution in [-0.4, -0.2) is 6.04 Å². The van der Waals surface area contributed by atoms with Gasteiger partial charge in [0.25, 0.3) is 0 Å². The average Bonchev–Trinajstić information content (AvgIpc) is 2.42. The van der Waals surface area contributed by atoms with Crippen LogP contribution in [0.1, 0.15) is 45.4 Å². The molecule has 0 spiro atoms. The van der Waals surface area contributed by atoms with E-state index in [-0.39, 0.29) is 5.82 Å². The van der Waals surface area contributed by atoms with Gasteiger partial charge in [-0.15, -0.1) is 0 Å². The Morgan fingerprint density at radius 1 is 1.37 bits per heavy atom. The smallest absolute Gasteiger partial charge is 0.138 e. The van der Waals surface area contributed by atoms with E-state index in [2.05, 4.69) is 12.2 Å². The molecule has 1 saturated carbocycles. The third-order valence-electron chi connectivity index (χ3n) is 4.09. The molecular formula is C15H22FIN2. The summed E-state index contributed by atoms with van der Waals surface area (Å²) < 4.78 is 14.2. The van der Waals surface area contributed by atoms with Crippen LogP contribution in [-0.2, 0) is 0 Å². The molecule has 0 bridgehead atoms. The van der Waals surface area contributed by atoms with Crippen molar-refractivity contribution in [3.8, 4) is 0 Å². The Morgan fingerprint density at radius 2 is 2.05 bits per heavy atom. The number of anilines is 2. The number of nitrogens with one attached hydrogen (secondary N) is 1. The van der Waals surface area contributed by atoms with E-state index in [4.69, 9.17) is 5.73 Å². The van der Waals surface area contributed by atoms with Crippen LogP contribution in [0, 0.1) is 15.3 Å². The lowest BCUT2D eigenvalue weighted by molar-refractivity contribution is 0.313. The second kappa shape index (κ2) is 6.77. The molecule has 106 valence electrons. The summed E-state index contributed by atoms with van der Waals surface area (Å²) >= 11 is 1.97. The molecular weight excluding hydrogens is 354 g/mol. The molecule has 0 aliphatic heterocycles. The standard InChI is InChI=1S/C15H22FIN2/c1-2-14(10-6-4-3-5-7-10)19-15-8-11(16)12(17)9-13(15)18/h8-10,14,19H,2-7,18H2,1H3. The van der Waals surface area contributed by atoms with E-state index in [1.807, 2.05) is 22.6 Å². The van der Waals surface area contributed by atoms with Crippen molar-refractivity contribution in [2.45, 2.75) is 51.5 Å². The number of nitrogens with two attached hydrogens (primary N) is 1. The van der Waals surface area contributed by atoms with Gasteiger partial charge in [0, 0.05) is 12.1 Å². The zero-order valence-electron chi connectivity index (χ0n) is 11.4. The lowest BCUT2D eigenvalue weighted by atomic mass is 9.83. The Balaban J connectivity index is 2.11. The van der Waals surface area contributed by atoms with Crippen molar-refractivity contribution >= 4 is 34.0 Å². The molecule has 1 atom stereocenters. The Bertz CT molecular complexity index is 430. The third-order valence-corrected chi connectivity index (χ3v) is 4.92. The first-order chi connectivity index (χ1) is 9.11. The van der Waals surface area contributed by atoms with Crippen molar-refractivity contribution in [1.82, 2.24) is 0 Å². The molecule has 2 nitrogen and oxygen atoms in total. The van der Waals surface area contributed by atoms with Gasteiger partial charge < -0.3 is 11.1 Å². The van der Waals surface area contributed by atoms with Gasteiger partial charge in [-0.3, -0.25) is 0 Å². The summed E-state index contributed by atoms with van der Waals surface area (Å²) in [5.41, 5.74) is 7.37. The summed E-state index contributed by atoms with van der Waals surface area (Å²) in [7, 11) is 0. The quantitative estimate of drug-likeness (QED) is 0.586. The molecule has 19 heavy (non-hydrogen) atoms. The van der Waals surface area contributed by atoms with Crippen LogP contribution >= 0.6 is 22.6 Å². The van der Waals surface area contributed by atoms with Gasteiger partial charge in [-0.1, -0.05) is 26.2 Å². The third kappa shape index (κ3) is 3.74. The zero-order chi connectivity index (χ0) is 13.8. The predicted molar refractivity (Wildman–Crippen MR) is 87.8 cm³/mol. The topological polar surface area (TPSA) is 38.0 Å². The molecule has 4 heteroatoms. The summed E-state index contributed by atoms with van der Waals surface area (Å²) in [5, 5.41) is 3.47. The average molecular weight is 376 g/mol. The van der Waals surface area contributed by atoms with Crippen molar-refractivity contribution < 1.29 is 4.39 Å². The molecule has 2 rings (SSSR count). The maximum Gasteiger partial charge on any atom is 0.138 e. The van der Waals surface area contributed by atoms with E-state index < -0.39 is 0 Å². The van der Waals surface area contributed by atoms with Gasteiger partial charge in [-0.2, -0.15) is 0 Å². The highest BCUT2D eigenvalue weighted by atomic mass is 127. The first-order valence-corrected chi connectivity index (χ1v) is 8.20. The Hall–Kier alpha value is -0.520. The van der Waals surface area contributed by atoms with Crippen molar-refractivity contribution in [1.29, 1.82) is 0 Å². The van der Waals surface area contributed by atoms with Gasteiger partial charge in [0.1, 0.15) is 5.82 Å². The summed E-state index contributed by atoms with van der Waals surface area (Å²) in [6.45, 7) is 2.19. The summed E-state index contributed by atoms with van der Waals surface area (Å²) in [4.78, 5) is 0. The van der Waals surface area contributed by atoms with Gasteiger partial charge in [0.05, 0.1) is 14.9 Å². The van der Waals surface area contributed by atoms with Crippen molar-refractivity contribution in [3.05, 3.63) is 21.5 Å². The number of halogens is 2. The number of hydrogen-bond acceptors (Lipinski definition) is 2. The number of hydrogen-bond donors (Lipinski definition) is 2. The number of benzene rings is 1. The predicted octanol–water partition coefficient (Wildman–Crippen LogP) is 4.78. The molecule has 0 aromatic heterocycles. The first-order valence-electron chi connectivity index (χ1n) is 7.13. The lowest BCUT2D eigenvalue weighted by Gasteiger charge is -2.31. The van der Waals surface area contributed by atoms with E-state index >= 15 is 0 Å². The fraction of sp³-hybridized carbons (Fsp3) is 0.600. The van der Waals surface area contributed by atoms with Crippen molar-refractivity contribution in [2.75, 3.05) is 11.1 Å². The maximum absolute atomic E-state index is 13.7. The minimum atomic E-state index is -0.198.